The molecule has 2 fully saturated rings. The van der Waals surface area contributed by atoms with E-state index in [1.54, 1.807) is 18.0 Å². The molecule has 0 bridgehead atoms. The minimum atomic E-state index is 0.183. The van der Waals surface area contributed by atoms with Crippen LogP contribution >= 0.6 is 11.8 Å². The summed E-state index contributed by atoms with van der Waals surface area (Å²) in [6.45, 7) is 6.56. The van der Waals surface area contributed by atoms with Crippen LogP contribution in [0.5, 0.6) is 0 Å². The lowest BCUT2D eigenvalue weighted by Crippen LogP contribution is -2.37. The first kappa shape index (κ1) is 19.5. The van der Waals surface area contributed by atoms with E-state index < -0.39 is 0 Å². The molecule has 2 atom stereocenters. The number of rotatable bonds is 7. The van der Waals surface area contributed by atoms with Crippen molar-refractivity contribution in [3.63, 3.8) is 0 Å². The molecule has 2 saturated heterocycles. The Bertz CT molecular complexity index is 809. The van der Waals surface area contributed by atoms with Crippen LogP contribution in [0.1, 0.15) is 23.6 Å². The average molecular weight is 400 g/mol. The Balaban J connectivity index is 1.47. The molecule has 0 radical (unpaired) electrons. The summed E-state index contributed by atoms with van der Waals surface area (Å²) in [6.07, 6.45) is 5.97. The Hall–Kier alpha value is -1.79. The first-order chi connectivity index (χ1) is 13.6. The van der Waals surface area contributed by atoms with Crippen LogP contribution in [0.3, 0.4) is 0 Å². The summed E-state index contributed by atoms with van der Waals surface area (Å²) in [7, 11) is 0. The molecule has 3 heterocycles. The maximum absolute atomic E-state index is 12.5. The lowest BCUT2D eigenvalue weighted by Gasteiger charge is -2.29. The Morgan fingerprint density at radius 3 is 2.82 bits per heavy atom. The molecule has 2 aliphatic heterocycles. The van der Waals surface area contributed by atoms with E-state index in [9.17, 15) is 4.79 Å². The molecule has 6 heteroatoms. The summed E-state index contributed by atoms with van der Waals surface area (Å²) >= 11 is 1.62. The molecule has 2 aliphatic rings. The number of amides is 1. The third kappa shape index (κ3) is 4.13. The number of fused-ring (bicyclic) bond motifs is 1. The Morgan fingerprint density at radius 2 is 2.11 bits per heavy atom. The largest absolute Gasteiger partial charge is 0.449 e. The number of thioether (sulfide) groups is 1. The van der Waals surface area contributed by atoms with Crippen LogP contribution in [0.15, 0.2) is 41.0 Å². The first-order valence-corrected chi connectivity index (χ1v) is 11.4. The fraction of sp³-hybridized carbons (Fsp3) is 0.545. The molecule has 1 amide bonds. The van der Waals surface area contributed by atoms with Crippen LogP contribution < -0.4 is 0 Å². The van der Waals surface area contributed by atoms with Gasteiger partial charge >= 0.3 is 0 Å². The Kier molecular flexibility index (Phi) is 5.78. The number of nitrogens with zero attached hydrogens (tertiary/aromatic N) is 3. The molecular formula is C22H29N3O2S. The number of likely N-dealkylation sites (tertiary alicyclic amines) is 2. The van der Waals surface area contributed by atoms with Gasteiger partial charge in [-0.2, -0.15) is 11.8 Å². The number of carbonyl (C=O) groups excluding carboxylic acids is 1. The summed E-state index contributed by atoms with van der Waals surface area (Å²) in [5, 5.41) is 0. The van der Waals surface area contributed by atoms with Gasteiger partial charge in [0.2, 0.25) is 5.91 Å². The number of aryl methyl sites for hydroxylation is 2. The van der Waals surface area contributed by atoms with Crippen LogP contribution in [0, 0.1) is 18.3 Å². The molecule has 2 aromatic rings. The van der Waals surface area contributed by atoms with E-state index in [4.69, 9.17) is 4.42 Å². The predicted octanol–water partition coefficient (Wildman–Crippen LogP) is 3.24. The van der Waals surface area contributed by atoms with E-state index in [1.807, 2.05) is 13.2 Å². The van der Waals surface area contributed by atoms with Crippen LogP contribution in [0.25, 0.3) is 0 Å². The summed E-state index contributed by atoms with van der Waals surface area (Å²) in [5.41, 5.74) is 2.57. The Morgan fingerprint density at radius 1 is 1.29 bits per heavy atom. The number of aromatic nitrogens is 1. The summed E-state index contributed by atoms with van der Waals surface area (Å²) in [6, 6.07) is 10.7. The zero-order chi connectivity index (χ0) is 19.6. The number of hydrogen-bond acceptors (Lipinski definition) is 5. The van der Waals surface area contributed by atoms with Crippen LogP contribution in [0.2, 0.25) is 0 Å². The zero-order valence-electron chi connectivity index (χ0n) is 16.8. The zero-order valence-corrected chi connectivity index (χ0v) is 17.6. The van der Waals surface area contributed by atoms with Crippen molar-refractivity contribution >= 4 is 17.7 Å². The topological polar surface area (TPSA) is 49.6 Å². The standard InChI is InChI=1S/C22H29N3O2S/c1-17-23-20(13-27-17)12-24-10-19-11-25(21(26)14-28-2)16-22(19,15-24)9-8-18-6-4-3-5-7-18/h3-7,13,19H,8-12,14-16H2,1-2H3. The van der Waals surface area contributed by atoms with Crippen LogP contribution in [-0.2, 0) is 17.8 Å². The maximum atomic E-state index is 12.5. The highest BCUT2D eigenvalue weighted by Crippen LogP contribution is 2.46. The van der Waals surface area contributed by atoms with E-state index in [1.165, 1.54) is 5.56 Å². The van der Waals surface area contributed by atoms with Gasteiger partial charge in [0.1, 0.15) is 6.26 Å². The van der Waals surface area contributed by atoms with E-state index in [0.29, 0.717) is 17.6 Å². The number of benzene rings is 1. The van der Waals surface area contributed by atoms with E-state index >= 15 is 0 Å². The van der Waals surface area contributed by atoms with Gasteiger partial charge in [-0.05, 0) is 30.6 Å². The van der Waals surface area contributed by atoms with E-state index in [2.05, 4.69) is 45.1 Å². The van der Waals surface area contributed by atoms with Gasteiger partial charge in [-0.15, -0.1) is 0 Å². The fourth-order valence-electron chi connectivity index (χ4n) is 4.92. The van der Waals surface area contributed by atoms with Gasteiger partial charge < -0.3 is 9.32 Å². The normalized spacial score (nSPS) is 24.6. The molecule has 150 valence electrons. The second-order valence-corrected chi connectivity index (χ2v) is 9.15. The smallest absolute Gasteiger partial charge is 0.232 e. The number of oxazole rings is 1. The molecule has 5 nitrogen and oxygen atoms in total. The summed E-state index contributed by atoms with van der Waals surface area (Å²) < 4.78 is 5.38. The third-order valence-electron chi connectivity index (χ3n) is 6.26. The predicted molar refractivity (Wildman–Crippen MR) is 112 cm³/mol. The second-order valence-electron chi connectivity index (χ2n) is 8.28. The number of carbonyl (C=O) groups is 1. The maximum Gasteiger partial charge on any atom is 0.232 e. The van der Waals surface area contributed by atoms with Gasteiger partial charge in [0.15, 0.2) is 5.89 Å². The van der Waals surface area contributed by atoms with Crippen LogP contribution in [0.4, 0.5) is 0 Å². The molecule has 0 saturated carbocycles. The Labute approximate surface area is 171 Å². The van der Waals surface area contributed by atoms with Crippen molar-refractivity contribution in [3.8, 4) is 0 Å². The lowest BCUT2D eigenvalue weighted by atomic mass is 9.76. The average Bonchev–Trinajstić information content (AvgIpc) is 3.34. The molecule has 0 spiro atoms. The monoisotopic (exact) mass is 399 g/mol. The minimum absolute atomic E-state index is 0.183. The van der Waals surface area contributed by atoms with E-state index in [-0.39, 0.29) is 5.41 Å². The van der Waals surface area contributed by atoms with Crippen molar-refractivity contribution in [3.05, 3.63) is 53.7 Å². The van der Waals surface area contributed by atoms with Crippen molar-refractivity contribution in [2.45, 2.75) is 26.3 Å². The van der Waals surface area contributed by atoms with E-state index in [0.717, 1.165) is 57.2 Å². The minimum Gasteiger partial charge on any atom is -0.449 e. The summed E-state index contributed by atoms with van der Waals surface area (Å²) in [4.78, 5) is 21.6. The second kappa shape index (κ2) is 8.29. The highest BCUT2D eigenvalue weighted by molar-refractivity contribution is 7.99. The van der Waals surface area contributed by atoms with Crippen molar-refractivity contribution in [1.82, 2.24) is 14.8 Å². The van der Waals surface area contributed by atoms with Crippen molar-refractivity contribution in [2.24, 2.45) is 11.3 Å². The lowest BCUT2D eigenvalue weighted by molar-refractivity contribution is -0.128. The quantitative estimate of drug-likeness (QED) is 0.715. The van der Waals surface area contributed by atoms with Gasteiger partial charge in [-0.1, -0.05) is 30.3 Å². The highest BCUT2D eigenvalue weighted by Gasteiger charge is 2.52. The molecule has 28 heavy (non-hydrogen) atoms. The molecular weight excluding hydrogens is 370 g/mol. The van der Waals surface area contributed by atoms with Gasteiger partial charge in [0.25, 0.3) is 0 Å². The number of hydrogen-bond donors (Lipinski definition) is 0. The van der Waals surface area contributed by atoms with Crippen molar-refractivity contribution in [1.29, 1.82) is 0 Å². The first-order valence-electron chi connectivity index (χ1n) is 10.0. The molecule has 2 unspecified atom stereocenters. The highest BCUT2D eigenvalue weighted by atomic mass is 32.2. The fourth-order valence-corrected chi connectivity index (χ4v) is 5.35. The third-order valence-corrected chi connectivity index (χ3v) is 6.79. The van der Waals surface area contributed by atoms with Gasteiger partial charge in [-0.25, -0.2) is 4.98 Å². The van der Waals surface area contributed by atoms with Crippen molar-refractivity contribution < 1.29 is 9.21 Å². The van der Waals surface area contributed by atoms with Gasteiger partial charge in [-0.3, -0.25) is 9.69 Å². The molecule has 0 aliphatic carbocycles. The van der Waals surface area contributed by atoms with Gasteiger partial charge in [0.05, 0.1) is 11.4 Å². The van der Waals surface area contributed by atoms with Gasteiger partial charge in [0, 0.05) is 45.1 Å². The van der Waals surface area contributed by atoms with Crippen LogP contribution in [-0.4, -0.2) is 58.9 Å². The molecule has 0 N–H and O–H groups in total. The molecule has 1 aromatic heterocycles. The van der Waals surface area contributed by atoms with Crippen molar-refractivity contribution in [2.75, 3.05) is 38.2 Å². The molecule has 1 aromatic carbocycles. The molecule has 4 rings (SSSR count). The summed E-state index contributed by atoms with van der Waals surface area (Å²) in [5.74, 6) is 2.14. The SMILES string of the molecule is CSCC(=O)N1CC2CN(Cc3coc(C)n3)CC2(CCc2ccccc2)C1.